The fourth-order valence-electron chi connectivity index (χ4n) is 4.08. The fourth-order valence-corrected chi connectivity index (χ4v) is 4.08. The Bertz CT molecular complexity index is 633. The molecule has 1 aromatic rings. The van der Waals surface area contributed by atoms with Gasteiger partial charge in [0, 0.05) is 57.6 Å². The molecule has 7 heteroatoms. The number of carbonyl (C=O) groups excluding carboxylic acids is 1. The zero-order valence-electron chi connectivity index (χ0n) is 15.7. The van der Waals surface area contributed by atoms with E-state index in [0.29, 0.717) is 13.2 Å². The molecule has 4 heterocycles. The number of hydrogen-bond acceptors (Lipinski definition) is 6. The molecular formula is C19H29N5O2. The second-order valence-corrected chi connectivity index (χ2v) is 7.59. The molecule has 0 N–H and O–H groups in total. The summed E-state index contributed by atoms with van der Waals surface area (Å²) in [5, 5.41) is 0. The average molecular weight is 359 g/mol. The van der Waals surface area contributed by atoms with Crippen molar-refractivity contribution in [2.45, 2.75) is 32.6 Å². The summed E-state index contributed by atoms with van der Waals surface area (Å²) in [6, 6.07) is 2.09. The maximum atomic E-state index is 12.5. The molecule has 26 heavy (non-hydrogen) atoms. The predicted octanol–water partition coefficient (Wildman–Crippen LogP) is 1.46. The Labute approximate surface area is 155 Å². The summed E-state index contributed by atoms with van der Waals surface area (Å²) in [7, 11) is 0. The molecule has 4 rings (SSSR count). The van der Waals surface area contributed by atoms with E-state index in [1.54, 1.807) is 0 Å². The number of carbonyl (C=O) groups is 1. The highest BCUT2D eigenvalue weighted by Crippen LogP contribution is 2.23. The van der Waals surface area contributed by atoms with Crippen molar-refractivity contribution in [1.82, 2.24) is 14.9 Å². The van der Waals surface area contributed by atoms with Gasteiger partial charge in [0.1, 0.15) is 5.82 Å². The first-order chi connectivity index (χ1) is 12.7. The van der Waals surface area contributed by atoms with Gasteiger partial charge in [-0.3, -0.25) is 4.79 Å². The fraction of sp³-hybridized carbons (Fsp3) is 0.737. The van der Waals surface area contributed by atoms with Crippen LogP contribution in [0, 0.1) is 12.8 Å². The lowest BCUT2D eigenvalue weighted by molar-refractivity contribution is -0.135. The largest absolute Gasteiger partial charge is 0.381 e. The summed E-state index contributed by atoms with van der Waals surface area (Å²) in [5.41, 5.74) is 1.01. The third-order valence-corrected chi connectivity index (χ3v) is 5.66. The highest BCUT2D eigenvalue weighted by molar-refractivity contribution is 5.79. The van der Waals surface area contributed by atoms with Crippen molar-refractivity contribution in [1.29, 1.82) is 0 Å². The molecule has 0 radical (unpaired) electrons. The predicted molar refractivity (Wildman–Crippen MR) is 101 cm³/mol. The molecule has 0 saturated carbocycles. The Morgan fingerprint density at radius 3 is 2.50 bits per heavy atom. The van der Waals surface area contributed by atoms with Crippen molar-refractivity contribution in [2.75, 3.05) is 62.3 Å². The Balaban J connectivity index is 1.40. The minimum Gasteiger partial charge on any atom is -0.381 e. The average Bonchev–Trinajstić information content (AvgIpc) is 3.22. The van der Waals surface area contributed by atoms with E-state index >= 15 is 0 Å². The van der Waals surface area contributed by atoms with Crippen LogP contribution >= 0.6 is 0 Å². The lowest BCUT2D eigenvalue weighted by atomic mass is 10.1. The first kappa shape index (κ1) is 17.5. The van der Waals surface area contributed by atoms with Crippen molar-refractivity contribution in [3.63, 3.8) is 0 Å². The van der Waals surface area contributed by atoms with Crippen LogP contribution in [-0.4, -0.2) is 73.3 Å². The molecular weight excluding hydrogens is 330 g/mol. The zero-order chi connectivity index (χ0) is 17.9. The van der Waals surface area contributed by atoms with Gasteiger partial charge in [-0.05, 0) is 32.6 Å². The molecule has 1 aromatic heterocycles. The number of hydrogen-bond donors (Lipinski definition) is 0. The number of piperazine rings is 1. The van der Waals surface area contributed by atoms with E-state index in [1.807, 2.05) is 11.8 Å². The van der Waals surface area contributed by atoms with Crippen molar-refractivity contribution in [3.8, 4) is 0 Å². The lowest BCUT2D eigenvalue weighted by Gasteiger charge is -2.36. The topological polar surface area (TPSA) is 61.8 Å². The molecule has 0 bridgehead atoms. The van der Waals surface area contributed by atoms with Gasteiger partial charge in [-0.1, -0.05) is 0 Å². The van der Waals surface area contributed by atoms with E-state index in [9.17, 15) is 4.79 Å². The maximum absolute atomic E-state index is 12.5. The molecule has 3 aliphatic rings. The first-order valence-corrected chi connectivity index (χ1v) is 9.93. The van der Waals surface area contributed by atoms with Crippen LogP contribution in [0.5, 0.6) is 0 Å². The normalized spacial score (nSPS) is 24.2. The molecule has 7 nitrogen and oxygen atoms in total. The Morgan fingerprint density at radius 1 is 1.04 bits per heavy atom. The van der Waals surface area contributed by atoms with Crippen LogP contribution in [0.15, 0.2) is 6.07 Å². The Hall–Kier alpha value is -1.89. The summed E-state index contributed by atoms with van der Waals surface area (Å²) in [4.78, 5) is 28.6. The molecule has 142 valence electrons. The number of piperidine rings is 1. The van der Waals surface area contributed by atoms with E-state index < -0.39 is 0 Å². The number of nitrogens with zero attached hydrogens (tertiary/aromatic N) is 5. The first-order valence-electron chi connectivity index (χ1n) is 9.93. The van der Waals surface area contributed by atoms with Crippen LogP contribution < -0.4 is 9.80 Å². The van der Waals surface area contributed by atoms with Gasteiger partial charge in [-0.15, -0.1) is 0 Å². The maximum Gasteiger partial charge on any atom is 0.228 e. The number of amides is 1. The van der Waals surface area contributed by atoms with Crippen LogP contribution in [0.25, 0.3) is 0 Å². The zero-order valence-corrected chi connectivity index (χ0v) is 15.7. The van der Waals surface area contributed by atoms with Gasteiger partial charge in [-0.2, -0.15) is 4.98 Å². The van der Waals surface area contributed by atoms with Crippen LogP contribution in [0.4, 0.5) is 11.8 Å². The highest BCUT2D eigenvalue weighted by Gasteiger charge is 2.30. The van der Waals surface area contributed by atoms with Gasteiger partial charge in [0.15, 0.2) is 0 Å². The molecule has 1 amide bonds. The smallest absolute Gasteiger partial charge is 0.228 e. The van der Waals surface area contributed by atoms with E-state index in [2.05, 4.69) is 20.9 Å². The van der Waals surface area contributed by atoms with Crippen molar-refractivity contribution >= 4 is 17.7 Å². The van der Waals surface area contributed by atoms with E-state index in [0.717, 1.165) is 63.1 Å². The molecule has 3 saturated heterocycles. The summed E-state index contributed by atoms with van der Waals surface area (Å²) >= 11 is 0. The minimum absolute atomic E-state index is 0.0578. The van der Waals surface area contributed by atoms with E-state index in [-0.39, 0.29) is 11.8 Å². The Morgan fingerprint density at radius 2 is 1.81 bits per heavy atom. The summed E-state index contributed by atoms with van der Waals surface area (Å²) in [6.07, 6.45) is 4.66. The quantitative estimate of drug-likeness (QED) is 0.814. The number of ether oxygens (including phenoxy) is 1. The minimum atomic E-state index is 0.0578. The molecule has 1 atom stereocenters. The summed E-state index contributed by atoms with van der Waals surface area (Å²) < 4.78 is 5.36. The van der Waals surface area contributed by atoms with Crippen LogP contribution in [0.2, 0.25) is 0 Å². The molecule has 0 spiro atoms. The van der Waals surface area contributed by atoms with Crippen molar-refractivity contribution in [2.24, 2.45) is 5.92 Å². The SMILES string of the molecule is Cc1cc(N2CCCCC2)nc(N2CCN(C(=O)C3CCOC3)CC2)n1. The third-order valence-electron chi connectivity index (χ3n) is 5.66. The molecule has 1 unspecified atom stereocenters. The second-order valence-electron chi connectivity index (χ2n) is 7.59. The highest BCUT2D eigenvalue weighted by atomic mass is 16.5. The van der Waals surface area contributed by atoms with Crippen LogP contribution in [0.1, 0.15) is 31.4 Å². The summed E-state index contributed by atoms with van der Waals surface area (Å²) in [6.45, 7) is 8.58. The summed E-state index contributed by atoms with van der Waals surface area (Å²) in [5.74, 6) is 2.17. The van der Waals surface area contributed by atoms with Crippen molar-refractivity contribution < 1.29 is 9.53 Å². The molecule has 0 aromatic carbocycles. The number of aryl methyl sites for hydroxylation is 1. The van der Waals surface area contributed by atoms with Crippen molar-refractivity contribution in [3.05, 3.63) is 11.8 Å². The molecule has 3 fully saturated rings. The number of anilines is 2. The molecule has 3 aliphatic heterocycles. The second kappa shape index (κ2) is 7.78. The number of aromatic nitrogens is 2. The van der Waals surface area contributed by atoms with Crippen LogP contribution in [-0.2, 0) is 9.53 Å². The van der Waals surface area contributed by atoms with E-state index in [1.165, 1.54) is 19.3 Å². The van der Waals surface area contributed by atoms with Crippen LogP contribution in [0.3, 0.4) is 0 Å². The van der Waals surface area contributed by atoms with Gasteiger partial charge in [0.25, 0.3) is 0 Å². The van der Waals surface area contributed by atoms with Gasteiger partial charge in [0.05, 0.1) is 12.5 Å². The lowest BCUT2D eigenvalue weighted by Crippen LogP contribution is -2.51. The van der Waals surface area contributed by atoms with Gasteiger partial charge < -0.3 is 19.4 Å². The van der Waals surface area contributed by atoms with Gasteiger partial charge >= 0.3 is 0 Å². The molecule has 0 aliphatic carbocycles. The van der Waals surface area contributed by atoms with Gasteiger partial charge in [-0.25, -0.2) is 4.98 Å². The standard InChI is InChI=1S/C19H29N5O2/c1-15-13-17(22-6-3-2-4-7-22)21-19(20-15)24-10-8-23(9-11-24)18(25)16-5-12-26-14-16/h13,16H,2-12,14H2,1H3. The van der Waals surface area contributed by atoms with Gasteiger partial charge in [0.2, 0.25) is 11.9 Å². The van der Waals surface area contributed by atoms with E-state index in [4.69, 9.17) is 9.72 Å². The number of rotatable bonds is 3. The third kappa shape index (κ3) is 3.77. The Kier molecular flexibility index (Phi) is 5.24. The monoisotopic (exact) mass is 359 g/mol.